The van der Waals surface area contributed by atoms with Crippen molar-refractivity contribution < 1.29 is 22.7 Å². The second kappa shape index (κ2) is 3.98. The molecular weight excluding hydrogens is 236 g/mol. The molecule has 1 aliphatic rings. The first-order chi connectivity index (χ1) is 7.87. The lowest BCUT2D eigenvalue weighted by molar-refractivity contribution is -0.137. The molecular formula is C12H12F4O. The van der Waals surface area contributed by atoms with E-state index in [0.29, 0.717) is 5.56 Å². The Bertz CT molecular complexity index is 390. The molecule has 0 spiro atoms. The van der Waals surface area contributed by atoms with Crippen LogP contribution in [-0.4, -0.2) is 17.9 Å². The van der Waals surface area contributed by atoms with Gasteiger partial charge in [-0.05, 0) is 30.5 Å². The van der Waals surface area contributed by atoms with Gasteiger partial charge in [0.2, 0.25) is 0 Å². The lowest BCUT2D eigenvalue weighted by Crippen LogP contribution is -2.45. The summed E-state index contributed by atoms with van der Waals surface area (Å²) in [6.45, 7) is -0.237. The number of halogens is 4. The first kappa shape index (κ1) is 12.4. The molecule has 5 heteroatoms. The van der Waals surface area contributed by atoms with Crippen LogP contribution in [0.4, 0.5) is 17.6 Å². The highest BCUT2D eigenvalue weighted by atomic mass is 19.4. The number of aliphatic hydroxyl groups is 1. The van der Waals surface area contributed by atoms with Crippen LogP contribution in [0.2, 0.25) is 0 Å². The van der Waals surface area contributed by atoms with E-state index in [1.165, 1.54) is 12.1 Å². The molecule has 1 fully saturated rings. The highest BCUT2D eigenvalue weighted by Gasteiger charge is 2.45. The summed E-state index contributed by atoms with van der Waals surface area (Å²) in [5.41, 5.74) is -0.851. The maximum atomic E-state index is 12.9. The van der Waals surface area contributed by atoms with Gasteiger partial charge in [0, 0.05) is 5.41 Å². The molecule has 0 atom stereocenters. The summed E-state index contributed by atoms with van der Waals surface area (Å²) >= 11 is 0. The minimum Gasteiger partial charge on any atom is -0.395 e. The number of aliphatic hydroxyl groups excluding tert-OH is 1. The summed E-state index contributed by atoms with van der Waals surface area (Å²) in [7, 11) is 0. The lowest BCUT2D eigenvalue weighted by atomic mass is 9.64. The summed E-state index contributed by atoms with van der Waals surface area (Å²) in [6.07, 6.45) is -4.99. The average molecular weight is 248 g/mol. The molecule has 0 heterocycles. The third-order valence-corrected chi connectivity index (χ3v) is 3.35. The van der Waals surface area contributed by atoms with Crippen LogP contribution in [0.25, 0.3) is 0 Å². The quantitative estimate of drug-likeness (QED) is 0.797. The summed E-state index contributed by atoms with van der Waals surface area (Å²) in [4.78, 5) is 0. The van der Waals surface area contributed by atoms with Crippen LogP contribution in [0.15, 0.2) is 24.3 Å². The first-order valence-corrected chi connectivity index (χ1v) is 5.30. The summed E-state index contributed by atoms with van der Waals surface area (Å²) < 4.78 is 49.9. The largest absolute Gasteiger partial charge is 0.416 e. The fourth-order valence-corrected chi connectivity index (χ4v) is 2.26. The van der Waals surface area contributed by atoms with Crippen LogP contribution in [0.5, 0.6) is 0 Å². The van der Waals surface area contributed by atoms with Gasteiger partial charge in [0.1, 0.15) is 6.17 Å². The Kier molecular flexibility index (Phi) is 2.89. The zero-order chi connectivity index (χ0) is 12.7. The molecule has 1 saturated carbocycles. The molecule has 0 aliphatic heterocycles. The Morgan fingerprint density at radius 2 is 1.71 bits per heavy atom. The van der Waals surface area contributed by atoms with Gasteiger partial charge in [-0.25, -0.2) is 4.39 Å². The number of benzene rings is 1. The van der Waals surface area contributed by atoms with Crippen molar-refractivity contribution in [2.45, 2.75) is 30.6 Å². The third kappa shape index (κ3) is 2.16. The molecule has 0 unspecified atom stereocenters. The predicted octanol–water partition coefficient (Wildman–Crippen LogP) is 3.07. The molecule has 17 heavy (non-hydrogen) atoms. The molecule has 1 aromatic carbocycles. The number of hydrogen-bond donors (Lipinski definition) is 1. The van der Waals surface area contributed by atoms with Gasteiger partial charge in [-0.1, -0.05) is 12.1 Å². The Balaban J connectivity index is 2.24. The standard InChI is InChI=1S/C12H12F4O/c13-10-5-11(6-10,7-17)8-1-3-9(4-2-8)12(14,15)16/h1-4,10,17H,5-7H2. The van der Waals surface area contributed by atoms with E-state index in [9.17, 15) is 22.7 Å². The third-order valence-electron chi connectivity index (χ3n) is 3.35. The van der Waals surface area contributed by atoms with Crippen molar-refractivity contribution in [1.29, 1.82) is 0 Å². The predicted molar refractivity (Wildman–Crippen MR) is 54.3 cm³/mol. The SMILES string of the molecule is OCC1(c2ccc(C(F)(F)F)cc2)CC(F)C1. The van der Waals surface area contributed by atoms with Crippen molar-refractivity contribution in [2.24, 2.45) is 0 Å². The monoisotopic (exact) mass is 248 g/mol. The molecule has 0 radical (unpaired) electrons. The molecule has 1 aliphatic carbocycles. The summed E-state index contributed by atoms with van der Waals surface area (Å²) in [5, 5.41) is 9.25. The average Bonchev–Trinajstić information content (AvgIpc) is 2.23. The fourth-order valence-electron chi connectivity index (χ4n) is 2.26. The van der Waals surface area contributed by atoms with Gasteiger partial charge in [0.25, 0.3) is 0 Å². The smallest absolute Gasteiger partial charge is 0.395 e. The van der Waals surface area contributed by atoms with Crippen LogP contribution in [0, 0.1) is 0 Å². The maximum Gasteiger partial charge on any atom is 0.416 e. The zero-order valence-electron chi connectivity index (χ0n) is 8.97. The van der Waals surface area contributed by atoms with Crippen molar-refractivity contribution in [1.82, 2.24) is 0 Å². The van der Waals surface area contributed by atoms with Gasteiger partial charge in [-0.3, -0.25) is 0 Å². The van der Waals surface area contributed by atoms with Crippen molar-refractivity contribution in [3.05, 3.63) is 35.4 Å². The van der Waals surface area contributed by atoms with Crippen molar-refractivity contribution in [2.75, 3.05) is 6.61 Å². The maximum absolute atomic E-state index is 12.9. The van der Waals surface area contributed by atoms with E-state index in [-0.39, 0.29) is 19.4 Å². The zero-order valence-corrected chi connectivity index (χ0v) is 8.97. The first-order valence-electron chi connectivity index (χ1n) is 5.30. The number of rotatable bonds is 2. The van der Waals surface area contributed by atoms with Gasteiger partial charge in [0.05, 0.1) is 12.2 Å². The van der Waals surface area contributed by atoms with E-state index in [0.717, 1.165) is 12.1 Å². The van der Waals surface area contributed by atoms with Crippen LogP contribution in [-0.2, 0) is 11.6 Å². The summed E-state index contributed by atoms with van der Waals surface area (Å²) in [5.74, 6) is 0. The van der Waals surface area contributed by atoms with Gasteiger partial charge < -0.3 is 5.11 Å². The molecule has 0 bridgehead atoms. The topological polar surface area (TPSA) is 20.2 Å². The van der Waals surface area contributed by atoms with Crippen molar-refractivity contribution in [3.63, 3.8) is 0 Å². The van der Waals surface area contributed by atoms with Crippen LogP contribution in [0.3, 0.4) is 0 Å². The molecule has 2 rings (SSSR count). The molecule has 0 saturated heterocycles. The molecule has 94 valence electrons. The van der Waals surface area contributed by atoms with E-state index in [1.807, 2.05) is 0 Å². The number of alkyl halides is 4. The molecule has 1 aromatic rings. The van der Waals surface area contributed by atoms with E-state index >= 15 is 0 Å². The second-order valence-corrected chi connectivity index (χ2v) is 4.52. The van der Waals surface area contributed by atoms with Crippen molar-refractivity contribution >= 4 is 0 Å². The second-order valence-electron chi connectivity index (χ2n) is 4.52. The molecule has 1 nitrogen and oxygen atoms in total. The van der Waals surface area contributed by atoms with Gasteiger partial charge in [-0.15, -0.1) is 0 Å². The minimum atomic E-state index is -4.37. The van der Waals surface area contributed by atoms with Gasteiger partial charge in [0.15, 0.2) is 0 Å². The van der Waals surface area contributed by atoms with E-state index in [1.54, 1.807) is 0 Å². The Morgan fingerprint density at radius 3 is 2.06 bits per heavy atom. The Labute approximate surface area is 96.1 Å². The van der Waals surface area contributed by atoms with E-state index in [2.05, 4.69) is 0 Å². The normalized spacial score (nSPS) is 28.9. The van der Waals surface area contributed by atoms with Crippen LogP contribution < -0.4 is 0 Å². The molecule has 1 N–H and O–H groups in total. The fraction of sp³-hybridized carbons (Fsp3) is 0.500. The van der Waals surface area contributed by atoms with Crippen molar-refractivity contribution in [3.8, 4) is 0 Å². The van der Waals surface area contributed by atoms with Gasteiger partial charge >= 0.3 is 6.18 Å². The van der Waals surface area contributed by atoms with Gasteiger partial charge in [-0.2, -0.15) is 13.2 Å². The minimum absolute atomic E-state index is 0.175. The Morgan fingerprint density at radius 1 is 1.18 bits per heavy atom. The number of hydrogen-bond acceptors (Lipinski definition) is 1. The van der Waals surface area contributed by atoms with Crippen LogP contribution in [0.1, 0.15) is 24.0 Å². The highest BCUT2D eigenvalue weighted by Crippen LogP contribution is 2.45. The molecule has 0 aromatic heterocycles. The van der Waals surface area contributed by atoms with E-state index in [4.69, 9.17) is 0 Å². The highest BCUT2D eigenvalue weighted by molar-refractivity contribution is 5.33. The Hall–Kier alpha value is -1.10. The lowest BCUT2D eigenvalue weighted by Gasteiger charge is -2.43. The summed E-state index contributed by atoms with van der Waals surface area (Å²) in [6, 6.07) is 4.59. The molecule has 0 amide bonds. The van der Waals surface area contributed by atoms with E-state index < -0.39 is 23.3 Å². The van der Waals surface area contributed by atoms with Crippen LogP contribution >= 0.6 is 0 Å².